The Morgan fingerprint density at radius 3 is 2.21 bits per heavy atom. The lowest BCUT2D eigenvalue weighted by Crippen LogP contribution is -2.45. The van der Waals surface area contributed by atoms with Crippen molar-refractivity contribution in [2.75, 3.05) is 25.5 Å². The second-order valence-electron chi connectivity index (χ2n) is 10.5. The first-order valence-electron chi connectivity index (χ1n) is 13.3. The Bertz CT molecular complexity index is 1080. The highest BCUT2D eigenvalue weighted by atomic mass is 16.6. The molecule has 0 fully saturated rings. The van der Waals surface area contributed by atoms with Crippen LogP contribution in [0.4, 0.5) is 10.5 Å². The van der Waals surface area contributed by atoms with Crippen molar-refractivity contribution in [2.24, 2.45) is 5.41 Å². The maximum absolute atomic E-state index is 13.1. The van der Waals surface area contributed by atoms with Crippen molar-refractivity contribution < 1.29 is 28.7 Å². The molecular formula is C30H41N3O6. The van der Waals surface area contributed by atoms with Crippen molar-refractivity contribution in [3.8, 4) is 0 Å². The molecule has 2 rings (SSSR count). The molecular weight excluding hydrogens is 498 g/mol. The summed E-state index contributed by atoms with van der Waals surface area (Å²) >= 11 is 0. The zero-order valence-corrected chi connectivity index (χ0v) is 23.6. The third-order valence-electron chi connectivity index (χ3n) is 5.86. The van der Waals surface area contributed by atoms with Gasteiger partial charge in [-0.3, -0.25) is 14.4 Å². The minimum Gasteiger partial charge on any atom is -0.463 e. The molecule has 0 unspecified atom stereocenters. The zero-order valence-electron chi connectivity index (χ0n) is 23.6. The quantitative estimate of drug-likeness (QED) is 0.357. The van der Waals surface area contributed by atoms with E-state index in [9.17, 15) is 19.2 Å². The molecule has 0 saturated heterocycles. The Balaban J connectivity index is 1.88. The number of benzene rings is 2. The van der Waals surface area contributed by atoms with Crippen molar-refractivity contribution in [3.05, 3.63) is 65.7 Å². The first kappa shape index (κ1) is 31.3. The van der Waals surface area contributed by atoms with Crippen LogP contribution >= 0.6 is 0 Å². The fourth-order valence-electron chi connectivity index (χ4n) is 3.41. The first-order valence-corrected chi connectivity index (χ1v) is 13.3. The molecule has 0 radical (unpaired) electrons. The van der Waals surface area contributed by atoms with Gasteiger partial charge in [0.1, 0.15) is 19.3 Å². The smallest absolute Gasteiger partial charge is 0.409 e. The Labute approximate surface area is 231 Å². The summed E-state index contributed by atoms with van der Waals surface area (Å²) in [5.74, 6) is -0.791. The maximum atomic E-state index is 13.1. The molecule has 0 heterocycles. The molecule has 0 bridgehead atoms. The summed E-state index contributed by atoms with van der Waals surface area (Å²) in [5.41, 5.74) is 1.65. The predicted molar refractivity (Wildman–Crippen MR) is 150 cm³/mol. The SMILES string of the molecule is CCCCC(=O)N[C@H](Cc1ccccc1)C(=O)Nc1ccc(COC(=O)N(C)CCOC(=O)C(C)(C)C)cc1. The van der Waals surface area contributed by atoms with E-state index in [-0.39, 0.29) is 37.5 Å². The van der Waals surface area contributed by atoms with Gasteiger partial charge in [-0.05, 0) is 50.5 Å². The molecule has 2 aromatic rings. The van der Waals surface area contributed by atoms with Gasteiger partial charge in [0.2, 0.25) is 11.8 Å². The van der Waals surface area contributed by atoms with Gasteiger partial charge in [0, 0.05) is 25.6 Å². The summed E-state index contributed by atoms with van der Waals surface area (Å²) in [5, 5.41) is 5.73. The summed E-state index contributed by atoms with van der Waals surface area (Å²) in [4.78, 5) is 50.8. The minimum absolute atomic E-state index is 0.0449. The molecule has 0 saturated carbocycles. The van der Waals surface area contributed by atoms with Crippen LogP contribution in [0, 0.1) is 5.41 Å². The van der Waals surface area contributed by atoms with Crippen molar-refractivity contribution in [2.45, 2.75) is 66.0 Å². The number of hydrogen-bond donors (Lipinski definition) is 2. The van der Waals surface area contributed by atoms with Crippen LogP contribution in [0.1, 0.15) is 58.1 Å². The minimum atomic E-state index is -0.712. The van der Waals surface area contributed by atoms with Crippen LogP contribution in [0.25, 0.3) is 0 Å². The van der Waals surface area contributed by atoms with Gasteiger partial charge in [-0.25, -0.2) is 4.79 Å². The van der Waals surface area contributed by atoms with E-state index in [4.69, 9.17) is 9.47 Å². The lowest BCUT2D eigenvalue weighted by Gasteiger charge is -2.20. The molecule has 1 atom stereocenters. The number of esters is 1. The second kappa shape index (κ2) is 15.5. The fraction of sp³-hybridized carbons (Fsp3) is 0.467. The van der Waals surface area contributed by atoms with E-state index in [2.05, 4.69) is 10.6 Å². The number of nitrogens with one attached hydrogen (secondary N) is 2. The summed E-state index contributed by atoms with van der Waals surface area (Å²) < 4.78 is 10.5. The molecule has 2 N–H and O–H groups in total. The number of hydrogen-bond acceptors (Lipinski definition) is 6. The van der Waals surface area contributed by atoms with E-state index in [0.29, 0.717) is 18.5 Å². The van der Waals surface area contributed by atoms with Crippen LogP contribution in [-0.4, -0.2) is 55.0 Å². The molecule has 39 heavy (non-hydrogen) atoms. The number of unbranched alkanes of at least 4 members (excludes halogenated alkanes) is 1. The lowest BCUT2D eigenvalue weighted by atomic mass is 9.97. The van der Waals surface area contributed by atoms with Crippen molar-refractivity contribution in [3.63, 3.8) is 0 Å². The third kappa shape index (κ3) is 11.6. The first-order chi connectivity index (χ1) is 18.5. The van der Waals surface area contributed by atoms with E-state index in [0.717, 1.165) is 24.0 Å². The van der Waals surface area contributed by atoms with E-state index in [1.54, 1.807) is 52.1 Å². The van der Waals surface area contributed by atoms with Gasteiger partial charge < -0.3 is 25.0 Å². The predicted octanol–water partition coefficient (Wildman–Crippen LogP) is 4.70. The summed E-state index contributed by atoms with van der Waals surface area (Å²) in [7, 11) is 1.57. The van der Waals surface area contributed by atoms with Crippen LogP contribution in [0.3, 0.4) is 0 Å². The van der Waals surface area contributed by atoms with Crippen LogP contribution in [0.2, 0.25) is 0 Å². The van der Waals surface area contributed by atoms with Gasteiger partial charge in [0.15, 0.2) is 0 Å². The molecule has 212 valence electrons. The van der Waals surface area contributed by atoms with Gasteiger partial charge >= 0.3 is 12.1 Å². The number of amides is 3. The number of carbonyl (C=O) groups excluding carboxylic acids is 4. The van der Waals surface area contributed by atoms with Crippen molar-refractivity contribution in [1.29, 1.82) is 0 Å². The zero-order chi connectivity index (χ0) is 28.8. The van der Waals surface area contributed by atoms with Gasteiger partial charge in [-0.15, -0.1) is 0 Å². The average molecular weight is 540 g/mol. The molecule has 2 aromatic carbocycles. The highest BCUT2D eigenvalue weighted by molar-refractivity contribution is 5.97. The van der Waals surface area contributed by atoms with E-state index in [1.807, 2.05) is 37.3 Å². The number of anilines is 1. The molecule has 0 aliphatic rings. The molecule has 0 aliphatic heterocycles. The van der Waals surface area contributed by atoms with Crippen LogP contribution in [0.15, 0.2) is 54.6 Å². The summed E-state index contributed by atoms with van der Waals surface area (Å²) in [6, 6.07) is 15.8. The molecule has 0 aromatic heterocycles. The number of likely N-dealkylation sites (N-methyl/N-ethyl adjacent to an activating group) is 1. The van der Waals surface area contributed by atoms with E-state index in [1.165, 1.54) is 4.90 Å². The average Bonchev–Trinajstić information content (AvgIpc) is 2.90. The van der Waals surface area contributed by atoms with Gasteiger partial charge in [-0.1, -0.05) is 55.8 Å². The largest absolute Gasteiger partial charge is 0.463 e. The number of rotatable bonds is 13. The lowest BCUT2D eigenvalue weighted by molar-refractivity contribution is -0.153. The molecule has 0 spiro atoms. The van der Waals surface area contributed by atoms with Gasteiger partial charge in [0.25, 0.3) is 0 Å². The maximum Gasteiger partial charge on any atom is 0.409 e. The Kier molecular flexibility index (Phi) is 12.5. The Morgan fingerprint density at radius 2 is 1.59 bits per heavy atom. The van der Waals surface area contributed by atoms with Crippen LogP contribution < -0.4 is 10.6 Å². The highest BCUT2D eigenvalue weighted by Gasteiger charge is 2.23. The molecule has 9 nitrogen and oxygen atoms in total. The number of ether oxygens (including phenoxy) is 2. The Morgan fingerprint density at radius 1 is 0.923 bits per heavy atom. The number of nitrogens with zero attached hydrogens (tertiary/aromatic N) is 1. The second-order valence-corrected chi connectivity index (χ2v) is 10.5. The normalized spacial score (nSPS) is 11.7. The Hall–Kier alpha value is -3.88. The fourth-order valence-corrected chi connectivity index (χ4v) is 3.41. The molecule has 9 heteroatoms. The van der Waals surface area contributed by atoms with E-state index >= 15 is 0 Å². The van der Waals surface area contributed by atoms with Crippen LogP contribution in [0.5, 0.6) is 0 Å². The van der Waals surface area contributed by atoms with Crippen LogP contribution in [-0.2, 0) is 36.9 Å². The van der Waals surface area contributed by atoms with Crippen molar-refractivity contribution >= 4 is 29.6 Å². The molecule has 3 amide bonds. The van der Waals surface area contributed by atoms with Crippen molar-refractivity contribution in [1.82, 2.24) is 10.2 Å². The van der Waals surface area contributed by atoms with Gasteiger partial charge in [0.05, 0.1) is 12.0 Å². The number of carbonyl (C=O) groups is 4. The topological polar surface area (TPSA) is 114 Å². The molecule has 0 aliphatic carbocycles. The summed E-state index contributed by atoms with van der Waals surface area (Å²) in [6.45, 7) is 7.64. The van der Waals surface area contributed by atoms with Gasteiger partial charge in [-0.2, -0.15) is 0 Å². The summed E-state index contributed by atoms with van der Waals surface area (Å²) in [6.07, 6.45) is 1.87. The third-order valence-corrected chi connectivity index (χ3v) is 5.86. The standard InChI is InChI=1S/C30H41N3O6/c1-6-7-13-26(34)32-25(20-22-11-9-8-10-12-22)27(35)31-24-16-14-23(15-17-24)21-39-29(37)33(5)18-19-38-28(36)30(2,3)4/h8-12,14-17,25H,6-7,13,18-21H2,1-5H3,(H,31,35)(H,32,34)/t25-/m1/s1. The van der Waals surface area contributed by atoms with E-state index < -0.39 is 17.6 Å². The highest BCUT2D eigenvalue weighted by Crippen LogP contribution is 2.15. The monoisotopic (exact) mass is 539 g/mol.